The smallest absolute Gasteiger partial charge is 0.160 e. The molecule has 0 heterocycles. The molecular formula is C12H18ClNO2. The Balaban J connectivity index is 0.00000128. The minimum atomic E-state index is 0. The number of hydrogen-bond acceptors (Lipinski definition) is 3. The Morgan fingerprint density at radius 2 is 2.19 bits per heavy atom. The van der Waals surface area contributed by atoms with Crippen molar-refractivity contribution in [2.24, 2.45) is 11.7 Å². The molecule has 1 atom stereocenters. The molecule has 3 nitrogen and oxygen atoms in total. The number of rotatable bonds is 4. The predicted molar refractivity (Wildman–Crippen MR) is 66.2 cm³/mol. The van der Waals surface area contributed by atoms with Crippen molar-refractivity contribution in [3.8, 4) is 11.5 Å². The second kappa shape index (κ2) is 5.41. The van der Waals surface area contributed by atoms with Crippen LogP contribution in [0.4, 0.5) is 0 Å². The van der Waals surface area contributed by atoms with Gasteiger partial charge in [0.15, 0.2) is 11.5 Å². The van der Waals surface area contributed by atoms with Gasteiger partial charge in [-0.25, -0.2) is 0 Å². The third kappa shape index (κ3) is 3.03. The summed E-state index contributed by atoms with van der Waals surface area (Å²) in [6, 6.07) is 5.39. The fraction of sp³-hybridized carbons (Fsp3) is 0.500. The first kappa shape index (κ1) is 13.1. The molecule has 90 valence electrons. The van der Waals surface area contributed by atoms with E-state index in [4.69, 9.17) is 10.5 Å². The van der Waals surface area contributed by atoms with Gasteiger partial charge in [0.2, 0.25) is 0 Å². The van der Waals surface area contributed by atoms with Gasteiger partial charge in [-0.2, -0.15) is 0 Å². The van der Waals surface area contributed by atoms with E-state index >= 15 is 0 Å². The van der Waals surface area contributed by atoms with E-state index < -0.39 is 0 Å². The molecule has 4 heteroatoms. The molecule has 0 saturated heterocycles. The Labute approximate surface area is 102 Å². The summed E-state index contributed by atoms with van der Waals surface area (Å²) >= 11 is 0. The Kier molecular flexibility index (Phi) is 4.44. The number of methoxy groups -OCH3 is 1. The standard InChI is InChI=1S/C12H17NO2.ClH/c1-15-12-7-9(4-5-11(12)14)10(13)6-8-2-3-8;/h4-5,7-8,10,14H,2-3,6,13H2,1H3;1H/t10-;/m1./s1. The van der Waals surface area contributed by atoms with Crippen LogP contribution in [0.2, 0.25) is 0 Å². The van der Waals surface area contributed by atoms with E-state index in [0.29, 0.717) is 5.75 Å². The summed E-state index contributed by atoms with van der Waals surface area (Å²) in [5.74, 6) is 1.47. The van der Waals surface area contributed by atoms with E-state index in [-0.39, 0.29) is 24.2 Å². The summed E-state index contributed by atoms with van der Waals surface area (Å²) in [6.07, 6.45) is 3.65. The van der Waals surface area contributed by atoms with Crippen LogP contribution in [-0.2, 0) is 0 Å². The first-order valence-electron chi connectivity index (χ1n) is 5.33. The Bertz CT molecular complexity index is 353. The van der Waals surface area contributed by atoms with Gasteiger partial charge in [0.25, 0.3) is 0 Å². The van der Waals surface area contributed by atoms with Crippen molar-refractivity contribution < 1.29 is 9.84 Å². The predicted octanol–water partition coefficient (Wildman–Crippen LogP) is 2.62. The van der Waals surface area contributed by atoms with Crippen LogP contribution in [0.15, 0.2) is 18.2 Å². The van der Waals surface area contributed by atoms with Crippen molar-refractivity contribution in [1.82, 2.24) is 0 Å². The van der Waals surface area contributed by atoms with Crippen LogP contribution < -0.4 is 10.5 Å². The Hall–Kier alpha value is -0.930. The Morgan fingerprint density at radius 1 is 1.50 bits per heavy atom. The molecule has 0 amide bonds. The van der Waals surface area contributed by atoms with E-state index in [2.05, 4.69) is 0 Å². The first-order chi connectivity index (χ1) is 7.20. The van der Waals surface area contributed by atoms with Gasteiger partial charge in [-0.3, -0.25) is 0 Å². The first-order valence-corrected chi connectivity index (χ1v) is 5.33. The zero-order valence-electron chi connectivity index (χ0n) is 9.35. The van der Waals surface area contributed by atoms with Crippen molar-refractivity contribution in [3.63, 3.8) is 0 Å². The molecule has 16 heavy (non-hydrogen) atoms. The topological polar surface area (TPSA) is 55.5 Å². The molecule has 1 aliphatic rings. The number of benzene rings is 1. The maximum absolute atomic E-state index is 9.45. The van der Waals surface area contributed by atoms with Gasteiger partial charge in [-0.1, -0.05) is 18.9 Å². The van der Waals surface area contributed by atoms with Gasteiger partial charge < -0.3 is 15.6 Å². The van der Waals surface area contributed by atoms with Crippen molar-refractivity contribution in [2.45, 2.75) is 25.3 Å². The number of hydrogen-bond donors (Lipinski definition) is 2. The van der Waals surface area contributed by atoms with Crippen molar-refractivity contribution in [1.29, 1.82) is 0 Å². The van der Waals surface area contributed by atoms with Gasteiger partial charge in [-0.15, -0.1) is 12.4 Å². The molecule has 1 aromatic rings. The molecule has 1 saturated carbocycles. The summed E-state index contributed by atoms with van der Waals surface area (Å²) in [4.78, 5) is 0. The average molecular weight is 244 g/mol. The highest BCUT2D eigenvalue weighted by Crippen LogP contribution is 2.38. The number of ether oxygens (including phenoxy) is 1. The van der Waals surface area contributed by atoms with Crippen molar-refractivity contribution in [3.05, 3.63) is 23.8 Å². The average Bonchev–Trinajstić information content (AvgIpc) is 3.02. The highest BCUT2D eigenvalue weighted by atomic mass is 35.5. The van der Waals surface area contributed by atoms with Gasteiger partial charge in [-0.05, 0) is 30.0 Å². The molecule has 0 radical (unpaired) electrons. The summed E-state index contributed by atoms with van der Waals surface area (Å²) in [5, 5.41) is 9.45. The maximum Gasteiger partial charge on any atom is 0.160 e. The highest BCUT2D eigenvalue weighted by Gasteiger charge is 2.24. The van der Waals surface area contributed by atoms with E-state index in [1.807, 2.05) is 12.1 Å². The van der Waals surface area contributed by atoms with Crippen molar-refractivity contribution >= 4 is 12.4 Å². The lowest BCUT2D eigenvalue weighted by Crippen LogP contribution is -2.10. The van der Waals surface area contributed by atoms with Crippen LogP contribution >= 0.6 is 12.4 Å². The highest BCUT2D eigenvalue weighted by molar-refractivity contribution is 5.85. The minimum Gasteiger partial charge on any atom is -0.504 e. The van der Waals surface area contributed by atoms with Crippen LogP contribution in [0, 0.1) is 5.92 Å². The van der Waals surface area contributed by atoms with Crippen LogP contribution in [0.25, 0.3) is 0 Å². The number of aromatic hydroxyl groups is 1. The zero-order valence-corrected chi connectivity index (χ0v) is 10.2. The van der Waals surface area contributed by atoms with Crippen LogP contribution in [0.5, 0.6) is 11.5 Å². The van der Waals surface area contributed by atoms with Crippen LogP contribution in [0.1, 0.15) is 30.9 Å². The van der Waals surface area contributed by atoms with Crippen LogP contribution in [-0.4, -0.2) is 12.2 Å². The van der Waals surface area contributed by atoms with Gasteiger partial charge in [0.05, 0.1) is 7.11 Å². The molecule has 1 fully saturated rings. The quantitative estimate of drug-likeness (QED) is 0.855. The van der Waals surface area contributed by atoms with E-state index in [1.54, 1.807) is 13.2 Å². The monoisotopic (exact) mass is 243 g/mol. The third-order valence-electron chi connectivity index (χ3n) is 2.92. The molecule has 2 rings (SSSR count). The molecule has 0 spiro atoms. The molecule has 3 N–H and O–H groups in total. The summed E-state index contributed by atoms with van der Waals surface area (Å²) in [6.45, 7) is 0. The lowest BCUT2D eigenvalue weighted by atomic mass is 10.0. The summed E-state index contributed by atoms with van der Waals surface area (Å²) < 4.78 is 5.05. The lowest BCUT2D eigenvalue weighted by Gasteiger charge is -2.13. The number of nitrogens with two attached hydrogens (primary N) is 1. The fourth-order valence-corrected chi connectivity index (χ4v) is 1.77. The SMILES string of the molecule is COc1cc([C@H](N)CC2CC2)ccc1O.Cl. The lowest BCUT2D eigenvalue weighted by molar-refractivity contribution is 0.372. The summed E-state index contributed by atoms with van der Waals surface area (Å²) in [7, 11) is 1.55. The zero-order chi connectivity index (χ0) is 10.8. The molecule has 0 unspecified atom stereocenters. The minimum absolute atomic E-state index is 0. The second-order valence-electron chi connectivity index (χ2n) is 4.22. The van der Waals surface area contributed by atoms with E-state index in [1.165, 1.54) is 12.8 Å². The molecule has 1 aromatic carbocycles. The number of phenols is 1. The normalized spacial score (nSPS) is 16.4. The second-order valence-corrected chi connectivity index (χ2v) is 4.22. The summed E-state index contributed by atoms with van der Waals surface area (Å²) in [5.41, 5.74) is 7.11. The van der Waals surface area contributed by atoms with Gasteiger partial charge >= 0.3 is 0 Å². The largest absolute Gasteiger partial charge is 0.504 e. The third-order valence-corrected chi connectivity index (χ3v) is 2.92. The molecular weight excluding hydrogens is 226 g/mol. The van der Waals surface area contributed by atoms with Crippen LogP contribution in [0.3, 0.4) is 0 Å². The molecule has 0 bridgehead atoms. The molecule has 0 aromatic heterocycles. The van der Waals surface area contributed by atoms with Gasteiger partial charge in [0.1, 0.15) is 0 Å². The Morgan fingerprint density at radius 3 is 2.75 bits per heavy atom. The number of halogens is 1. The van der Waals surface area contributed by atoms with Crippen molar-refractivity contribution in [2.75, 3.05) is 7.11 Å². The fourth-order valence-electron chi connectivity index (χ4n) is 1.77. The van der Waals surface area contributed by atoms with E-state index in [0.717, 1.165) is 17.9 Å². The number of phenolic OH excluding ortho intramolecular Hbond substituents is 1. The molecule has 1 aliphatic carbocycles. The van der Waals surface area contributed by atoms with Gasteiger partial charge in [0, 0.05) is 6.04 Å². The maximum atomic E-state index is 9.45. The molecule has 0 aliphatic heterocycles. The van der Waals surface area contributed by atoms with E-state index in [9.17, 15) is 5.11 Å².